The van der Waals surface area contributed by atoms with Gasteiger partial charge in [-0.2, -0.15) is 0 Å². The molecule has 162 valence electrons. The van der Waals surface area contributed by atoms with Crippen LogP contribution in [0.5, 0.6) is 0 Å². The third kappa shape index (κ3) is 3.92. The summed E-state index contributed by atoms with van der Waals surface area (Å²) in [5, 5.41) is 8.01. The third-order valence-corrected chi connectivity index (χ3v) is 6.11. The van der Waals surface area contributed by atoms with E-state index in [4.69, 9.17) is 10.6 Å². The molecule has 1 atom stereocenters. The molecule has 10 heteroatoms. The molecule has 3 aliphatic heterocycles. The van der Waals surface area contributed by atoms with Crippen LogP contribution in [0, 0.1) is 0 Å². The van der Waals surface area contributed by atoms with Gasteiger partial charge >= 0.3 is 6.03 Å². The van der Waals surface area contributed by atoms with Crippen molar-refractivity contribution in [2.45, 2.75) is 50.9 Å². The molecular weight excluding hydrogens is 386 g/mol. The van der Waals surface area contributed by atoms with E-state index in [-0.39, 0.29) is 30.2 Å². The number of H-pyrrole nitrogens is 1. The molecule has 0 aromatic carbocycles. The molecule has 0 radical (unpaired) electrons. The van der Waals surface area contributed by atoms with Gasteiger partial charge in [0.05, 0.1) is 17.6 Å². The molecule has 4 heterocycles. The number of fused-ring (bicyclic) bond motifs is 1. The zero-order valence-corrected chi connectivity index (χ0v) is 17.4. The highest BCUT2D eigenvalue weighted by Gasteiger charge is 2.47. The summed E-state index contributed by atoms with van der Waals surface area (Å²) in [6.07, 6.45) is 5.13. The molecule has 1 unspecified atom stereocenters. The summed E-state index contributed by atoms with van der Waals surface area (Å²) in [4.78, 5) is 33.3. The molecule has 2 saturated heterocycles. The standard InChI is InChI=1S/C20H29N7O3/c1-20(2)15-11-23-18(27(21)14-4-7-30-8-5-14)25-16(15)12-26(20)19(29)24-10-13-3-6-22-17(28)9-13/h3,6,9,11,14,16H,4-5,7-8,10,12,21H2,1-2H3,(H,22,28)(H,23,25)(H,24,29). The lowest BCUT2D eigenvalue weighted by atomic mass is 9.93. The van der Waals surface area contributed by atoms with E-state index in [1.54, 1.807) is 22.2 Å². The molecule has 30 heavy (non-hydrogen) atoms. The number of hydrogen-bond acceptors (Lipinski definition) is 7. The van der Waals surface area contributed by atoms with Crippen LogP contribution in [0.1, 0.15) is 32.3 Å². The highest BCUT2D eigenvalue weighted by molar-refractivity contribution is 5.84. The summed E-state index contributed by atoms with van der Waals surface area (Å²) >= 11 is 0. The minimum absolute atomic E-state index is 0.0521. The van der Waals surface area contributed by atoms with Gasteiger partial charge in [-0.1, -0.05) is 0 Å². The number of guanidine groups is 1. The second-order valence-electron chi connectivity index (χ2n) is 8.37. The summed E-state index contributed by atoms with van der Waals surface area (Å²) in [5.74, 6) is 6.95. The first-order chi connectivity index (χ1) is 14.4. The number of hydrogen-bond donors (Lipinski definition) is 4. The second-order valence-corrected chi connectivity index (χ2v) is 8.37. The monoisotopic (exact) mass is 415 g/mol. The number of urea groups is 1. The molecule has 5 N–H and O–H groups in total. The lowest BCUT2D eigenvalue weighted by molar-refractivity contribution is 0.0540. The fraction of sp³-hybridized carbons (Fsp3) is 0.550. The zero-order chi connectivity index (χ0) is 21.3. The molecule has 10 nitrogen and oxygen atoms in total. The first-order valence-corrected chi connectivity index (χ1v) is 10.3. The van der Waals surface area contributed by atoms with Crippen LogP contribution in [-0.2, 0) is 11.3 Å². The minimum Gasteiger partial charge on any atom is -0.381 e. The maximum atomic E-state index is 12.9. The molecule has 4 rings (SSSR count). The van der Waals surface area contributed by atoms with Crippen molar-refractivity contribution in [1.82, 2.24) is 25.5 Å². The first-order valence-electron chi connectivity index (χ1n) is 10.3. The highest BCUT2D eigenvalue weighted by Crippen LogP contribution is 2.35. The van der Waals surface area contributed by atoms with Crippen LogP contribution in [-0.4, -0.2) is 64.3 Å². The van der Waals surface area contributed by atoms with Crippen LogP contribution in [0.4, 0.5) is 4.79 Å². The predicted molar refractivity (Wildman–Crippen MR) is 112 cm³/mol. The van der Waals surface area contributed by atoms with Crippen molar-refractivity contribution in [2.75, 3.05) is 19.8 Å². The van der Waals surface area contributed by atoms with Crippen molar-refractivity contribution >= 4 is 12.0 Å². The lowest BCUT2D eigenvalue weighted by Crippen LogP contribution is -2.56. The Labute approximate surface area is 175 Å². The average Bonchev–Trinajstić information content (AvgIpc) is 3.02. The summed E-state index contributed by atoms with van der Waals surface area (Å²) < 4.78 is 5.41. The topological polar surface area (TPSA) is 128 Å². The molecule has 0 spiro atoms. The largest absolute Gasteiger partial charge is 0.381 e. The molecule has 3 aliphatic rings. The van der Waals surface area contributed by atoms with Crippen LogP contribution in [0.3, 0.4) is 0 Å². The van der Waals surface area contributed by atoms with Gasteiger partial charge in [0, 0.05) is 44.8 Å². The van der Waals surface area contributed by atoms with Crippen molar-refractivity contribution in [2.24, 2.45) is 10.8 Å². The van der Waals surface area contributed by atoms with Crippen LogP contribution < -0.4 is 22.0 Å². The Bertz CT molecular complexity index is 917. The molecule has 2 amide bonds. The number of nitrogens with two attached hydrogens (primary N) is 1. The number of likely N-dealkylation sites (tertiary alicyclic amines) is 1. The number of rotatable bonds is 3. The molecular formula is C20H29N7O3. The highest BCUT2D eigenvalue weighted by atomic mass is 16.5. The molecule has 1 aromatic rings. The number of nitrogens with zero attached hydrogens (tertiary/aromatic N) is 3. The smallest absolute Gasteiger partial charge is 0.318 e. The fourth-order valence-corrected chi connectivity index (χ4v) is 4.27. The van der Waals surface area contributed by atoms with E-state index in [0.717, 1.165) is 24.0 Å². The fourth-order valence-electron chi connectivity index (χ4n) is 4.27. The minimum atomic E-state index is -0.497. The van der Waals surface area contributed by atoms with E-state index < -0.39 is 5.54 Å². The number of pyridine rings is 1. The molecule has 0 bridgehead atoms. The number of ether oxygens (including phenoxy) is 1. The van der Waals surface area contributed by atoms with Gasteiger partial charge in [-0.05, 0) is 43.9 Å². The van der Waals surface area contributed by atoms with Crippen molar-refractivity contribution in [1.29, 1.82) is 0 Å². The number of carbonyl (C=O) groups is 1. The van der Waals surface area contributed by atoms with Crippen molar-refractivity contribution < 1.29 is 9.53 Å². The maximum absolute atomic E-state index is 12.9. The Morgan fingerprint density at radius 1 is 1.43 bits per heavy atom. The summed E-state index contributed by atoms with van der Waals surface area (Å²) in [6, 6.07) is 3.19. The Hall–Kier alpha value is -2.85. The van der Waals surface area contributed by atoms with Gasteiger partial charge in [0.1, 0.15) is 0 Å². The van der Waals surface area contributed by atoms with Crippen LogP contribution in [0.2, 0.25) is 0 Å². The van der Waals surface area contributed by atoms with Crippen LogP contribution in [0.15, 0.2) is 39.9 Å². The number of aromatic nitrogens is 1. The maximum Gasteiger partial charge on any atom is 0.318 e. The Balaban J connectivity index is 1.41. The zero-order valence-electron chi connectivity index (χ0n) is 17.4. The average molecular weight is 415 g/mol. The van der Waals surface area contributed by atoms with Gasteiger partial charge in [0.15, 0.2) is 0 Å². The number of aromatic amines is 1. The van der Waals surface area contributed by atoms with E-state index >= 15 is 0 Å². The van der Waals surface area contributed by atoms with Gasteiger partial charge in [0.25, 0.3) is 0 Å². The van der Waals surface area contributed by atoms with E-state index in [1.807, 2.05) is 20.0 Å². The summed E-state index contributed by atoms with van der Waals surface area (Å²) in [6.45, 7) is 6.20. The summed E-state index contributed by atoms with van der Waals surface area (Å²) in [5.41, 5.74) is 1.10. The SMILES string of the molecule is CC1(C)C2=CN=C(N(N)C3CCOCC3)NC2CN1C(=O)NCc1cc[nH]c(=O)c1. The number of nitrogens with one attached hydrogen (secondary N) is 3. The van der Waals surface area contributed by atoms with Crippen LogP contribution in [0.25, 0.3) is 0 Å². The Morgan fingerprint density at radius 2 is 2.20 bits per heavy atom. The van der Waals surface area contributed by atoms with Crippen LogP contribution >= 0.6 is 0 Å². The van der Waals surface area contributed by atoms with Gasteiger partial charge in [0.2, 0.25) is 11.5 Å². The number of carbonyl (C=O) groups excluding carboxylic acids is 1. The quantitative estimate of drug-likeness (QED) is 0.414. The van der Waals surface area contributed by atoms with E-state index in [0.29, 0.717) is 25.7 Å². The molecule has 2 fully saturated rings. The number of amides is 2. The lowest BCUT2D eigenvalue weighted by Gasteiger charge is -2.35. The van der Waals surface area contributed by atoms with Crippen molar-refractivity contribution in [3.63, 3.8) is 0 Å². The summed E-state index contributed by atoms with van der Waals surface area (Å²) in [7, 11) is 0. The second kappa shape index (κ2) is 8.11. The number of hydrazine groups is 1. The Kier molecular flexibility index (Phi) is 5.52. The van der Waals surface area contributed by atoms with E-state index in [9.17, 15) is 9.59 Å². The van der Waals surface area contributed by atoms with E-state index in [1.165, 1.54) is 6.07 Å². The van der Waals surface area contributed by atoms with Gasteiger partial charge in [-0.3, -0.25) is 9.80 Å². The van der Waals surface area contributed by atoms with Gasteiger partial charge < -0.3 is 25.3 Å². The molecule has 1 aromatic heterocycles. The first kappa shape index (κ1) is 20.4. The van der Waals surface area contributed by atoms with Crippen molar-refractivity contribution in [3.8, 4) is 0 Å². The normalized spacial score (nSPS) is 23.2. The van der Waals surface area contributed by atoms with Gasteiger partial charge in [-0.25, -0.2) is 15.6 Å². The molecule has 0 aliphatic carbocycles. The predicted octanol–water partition coefficient (Wildman–Crippen LogP) is 0.245. The van der Waals surface area contributed by atoms with E-state index in [2.05, 4.69) is 20.6 Å². The van der Waals surface area contributed by atoms with Crippen molar-refractivity contribution in [3.05, 3.63) is 46.0 Å². The third-order valence-electron chi connectivity index (χ3n) is 6.11. The van der Waals surface area contributed by atoms with Gasteiger partial charge in [-0.15, -0.1) is 0 Å². The molecule has 0 saturated carbocycles. The Morgan fingerprint density at radius 3 is 2.93 bits per heavy atom. The number of aliphatic imine (C=N–C) groups is 1.